The van der Waals surface area contributed by atoms with E-state index in [1.54, 1.807) is 18.3 Å². The lowest BCUT2D eigenvalue weighted by atomic mass is 10.1. The summed E-state index contributed by atoms with van der Waals surface area (Å²) < 4.78 is 1.98. The Morgan fingerprint density at radius 3 is 2.94 bits per heavy atom. The van der Waals surface area contributed by atoms with Crippen molar-refractivity contribution in [2.24, 2.45) is 0 Å². The molecule has 5 heteroatoms. The van der Waals surface area contributed by atoms with Crippen LogP contribution < -0.4 is 0 Å². The van der Waals surface area contributed by atoms with Crippen molar-refractivity contribution in [1.82, 2.24) is 14.5 Å². The molecule has 2 heterocycles. The second-order valence-corrected chi connectivity index (χ2v) is 3.62. The Kier molecular flexibility index (Phi) is 3.18. The first-order valence-corrected chi connectivity index (χ1v) is 5.39. The van der Waals surface area contributed by atoms with Crippen LogP contribution in [0.1, 0.15) is 28.8 Å². The van der Waals surface area contributed by atoms with Gasteiger partial charge in [-0.05, 0) is 18.6 Å². The number of aromatic carboxylic acids is 1. The van der Waals surface area contributed by atoms with Crippen LogP contribution in [0.25, 0.3) is 0 Å². The van der Waals surface area contributed by atoms with Crippen LogP contribution in [0.3, 0.4) is 0 Å². The smallest absolute Gasteiger partial charge is 0.354 e. The van der Waals surface area contributed by atoms with E-state index in [2.05, 4.69) is 9.97 Å². The van der Waals surface area contributed by atoms with Gasteiger partial charge in [0.25, 0.3) is 0 Å². The van der Waals surface area contributed by atoms with Crippen molar-refractivity contribution in [2.75, 3.05) is 0 Å². The van der Waals surface area contributed by atoms with E-state index in [0.717, 1.165) is 12.4 Å². The molecule has 0 aliphatic heterocycles. The molecule has 0 fully saturated rings. The van der Waals surface area contributed by atoms with Crippen molar-refractivity contribution in [3.63, 3.8) is 0 Å². The molecule has 2 aromatic rings. The lowest BCUT2D eigenvalue weighted by Crippen LogP contribution is -2.08. The Balaban J connectivity index is 2.33. The third kappa shape index (κ3) is 2.33. The fraction of sp³-hybridized carbons (Fsp3) is 0.250. The second kappa shape index (κ2) is 4.78. The number of carboxylic acids is 1. The number of aryl methyl sites for hydroxylation is 1. The molecule has 0 radical (unpaired) electrons. The summed E-state index contributed by atoms with van der Waals surface area (Å²) in [4.78, 5) is 19.1. The minimum absolute atomic E-state index is 0.0955. The number of aromatic nitrogens is 3. The monoisotopic (exact) mass is 231 g/mol. The summed E-state index contributed by atoms with van der Waals surface area (Å²) in [5.74, 6) is -0.154. The van der Waals surface area contributed by atoms with E-state index in [1.165, 1.54) is 6.20 Å². The third-order valence-electron chi connectivity index (χ3n) is 2.58. The predicted molar refractivity (Wildman–Crippen MR) is 61.9 cm³/mol. The van der Waals surface area contributed by atoms with Gasteiger partial charge in [-0.3, -0.25) is 0 Å². The molecule has 5 nitrogen and oxygen atoms in total. The largest absolute Gasteiger partial charge is 0.477 e. The standard InChI is InChI=1S/C12H13N3O2/c1-2-15-7-6-13-10(15)8-9-4-3-5-14-11(9)12(16)17/h3-7H,2,8H2,1H3,(H,16,17). The van der Waals surface area contributed by atoms with E-state index < -0.39 is 5.97 Å². The van der Waals surface area contributed by atoms with Gasteiger partial charge in [0.05, 0.1) is 0 Å². The number of nitrogens with zero attached hydrogens (tertiary/aromatic N) is 3. The van der Waals surface area contributed by atoms with Crippen molar-refractivity contribution in [3.8, 4) is 0 Å². The van der Waals surface area contributed by atoms with E-state index >= 15 is 0 Å². The minimum atomic E-state index is -1.00. The number of imidazole rings is 1. The van der Waals surface area contributed by atoms with Crippen LogP contribution in [-0.2, 0) is 13.0 Å². The highest BCUT2D eigenvalue weighted by Crippen LogP contribution is 2.11. The fourth-order valence-corrected chi connectivity index (χ4v) is 1.74. The summed E-state index contributed by atoms with van der Waals surface area (Å²) in [6.07, 6.45) is 5.57. The summed E-state index contributed by atoms with van der Waals surface area (Å²) in [5.41, 5.74) is 0.777. The lowest BCUT2D eigenvalue weighted by Gasteiger charge is -2.06. The highest BCUT2D eigenvalue weighted by atomic mass is 16.4. The molecule has 0 amide bonds. The zero-order valence-electron chi connectivity index (χ0n) is 9.50. The maximum Gasteiger partial charge on any atom is 0.354 e. The highest BCUT2D eigenvalue weighted by Gasteiger charge is 2.13. The highest BCUT2D eigenvalue weighted by molar-refractivity contribution is 5.87. The predicted octanol–water partition coefficient (Wildman–Crippen LogP) is 1.59. The van der Waals surface area contributed by atoms with Crippen LogP contribution in [0.2, 0.25) is 0 Å². The van der Waals surface area contributed by atoms with Gasteiger partial charge in [-0.25, -0.2) is 14.8 Å². The van der Waals surface area contributed by atoms with Crippen molar-refractivity contribution < 1.29 is 9.90 Å². The van der Waals surface area contributed by atoms with Crippen molar-refractivity contribution >= 4 is 5.97 Å². The number of hydrogen-bond donors (Lipinski definition) is 1. The fourth-order valence-electron chi connectivity index (χ4n) is 1.74. The molecule has 0 aliphatic rings. The number of carbonyl (C=O) groups is 1. The van der Waals surface area contributed by atoms with Gasteiger partial charge < -0.3 is 9.67 Å². The minimum Gasteiger partial charge on any atom is -0.477 e. The number of pyridine rings is 1. The molecule has 0 saturated heterocycles. The number of carboxylic acid groups (broad SMARTS) is 1. The molecule has 0 aliphatic carbocycles. The molecule has 0 aromatic carbocycles. The van der Waals surface area contributed by atoms with Gasteiger partial charge in [0.1, 0.15) is 5.82 Å². The normalized spacial score (nSPS) is 10.4. The summed E-state index contributed by atoms with van der Waals surface area (Å²) in [6.45, 7) is 2.84. The quantitative estimate of drug-likeness (QED) is 0.867. The Hall–Kier alpha value is -2.17. The zero-order chi connectivity index (χ0) is 12.3. The molecular weight excluding hydrogens is 218 g/mol. The topological polar surface area (TPSA) is 68.0 Å². The molecule has 2 aromatic heterocycles. The van der Waals surface area contributed by atoms with Crippen LogP contribution >= 0.6 is 0 Å². The van der Waals surface area contributed by atoms with Gasteiger partial charge in [-0.15, -0.1) is 0 Å². The molecule has 2 rings (SSSR count). The maximum atomic E-state index is 11.0. The SMILES string of the molecule is CCn1ccnc1Cc1cccnc1C(=O)O. The second-order valence-electron chi connectivity index (χ2n) is 3.62. The molecule has 17 heavy (non-hydrogen) atoms. The molecule has 1 N–H and O–H groups in total. The maximum absolute atomic E-state index is 11.0. The third-order valence-corrected chi connectivity index (χ3v) is 2.58. The van der Waals surface area contributed by atoms with Gasteiger partial charge in [-0.2, -0.15) is 0 Å². The van der Waals surface area contributed by atoms with Gasteiger partial charge >= 0.3 is 5.97 Å². The van der Waals surface area contributed by atoms with Gasteiger partial charge in [0.2, 0.25) is 0 Å². The summed E-state index contributed by atoms with van der Waals surface area (Å²) in [6, 6.07) is 3.51. The summed E-state index contributed by atoms with van der Waals surface area (Å²) in [5, 5.41) is 9.03. The Bertz CT molecular complexity index is 534. The van der Waals surface area contributed by atoms with Crippen molar-refractivity contribution in [1.29, 1.82) is 0 Å². The lowest BCUT2D eigenvalue weighted by molar-refractivity contribution is 0.0689. The molecule has 0 unspecified atom stereocenters. The van der Waals surface area contributed by atoms with Crippen LogP contribution in [-0.4, -0.2) is 25.6 Å². The summed E-state index contributed by atoms with van der Waals surface area (Å²) in [7, 11) is 0. The van der Waals surface area contributed by atoms with E-state index in [0.29, 0.717) is 12.0 Å². The van der Waals surface area contributed by atoms with E-state index in [1.807, 2.05) is 17.7 Å². The molecular formula is C12H13N3O2. The first-order valence-electron chi connectivity index (χ1n) is 5.39. The Morgan fingerprint density at radius 1 is 1.41 bits per heavy atom. The van der Waals surface area contributed by atoms with Crippen LogP contribution in [0, 0.1) is 0 Å². The number of hydrogen-bond acceptors (Lipinski definition) is 3. The molecule has 88 valence electrons. The summed E-state index contributed by atoms with van der Waals surface area (Å²) >= 11 is 0. The van der Waals surface area contributed by atoms with Crippen LogP contribution in [0.5, 0.6) is 0 Å². The molecule has 0 atom stereocenters. The average molecular weight is 231 g/mol. The van der Waals surface area contributed by atoms with Gasteiger partial charge in [-0.1, -0.05) is 6.07 Å². The number of rotatable bonds is 4. The Morgan fingerprint density at radius 2 is 2.24 bits per heavy atom. The first kappa shape index (κ1) is 11.3. The molecule has 0 saturated carbocycles. The van der Waals surface area contributed by atoms with Crippen molar-refractivity contribution in [3.05, 3.63) is 47.8 Å². The van der Waals surface area contributed by atoms with E-state index in [4.69, 9.17) is 5.11 Å². The molecule has 0 spiro atoms. The van der Waals surface area contributed by atoms with Crippen LogP contribution in [0.4, 0.5) is 0 Å². The van der Waals surface area contributed by atoms with Gasteiger partial charge in [0.15, 0.2) is 5.69 Å². The van der Waals surface area contributed by atoms with E-state index in [9.17, 15) is 4.79 Å². The van der Waals surface area contributed by atoms with Crippen molar-refractivity contribution in [2.45, 2.75) is 19.9 Å². The average Bonchev–Trinajstić information content (AvgIpc) is 2.77. The Labute approximate surface area is 98.8 Å². The first-order chi connectivity index (χ1) is 8.22. The molecule has 0 bridgehead atoms. The van der Waals surface area contributed by atoms with E-state index in [-0.39, 0.29) is 5.69 Å². The van der Waals surface area contributed by atoms with Crippen LogP contribution in [0.15, 0.2) is 30.7 Å². The zero-order valence-corrected chi connectivity index (χ0v) is 9.50. The van der Waals surface area contributed by atoms with Gasteiger partial charge in [0, 0.05) is 31.6 Å².